The normalized spacial score (nSPS) is 15.3. The molecule has 0 unspecified atom stereocenters. The van der Waals surface area contributed by atoms with E-state index in [1.54, 1.807) is 48.9 Å². The van der Waals surface area contributed by atoms with Crippen LogP contribution in [0.4, 0.5) is 11.5 Å². The van der Waals surface area contributed by atoms with Crippen LogP contribution < -0.4 is 15.2 Å². The number of aromatic nitrogens is 7. The van der Waals surface area contributed by atoms with Gasteiger partial charge in [-0.1, -0.05) is 17.3 Å². The van der Waals surface area contributed by atoms with Gasteiger partial charge in [-0.2, -0.15) is 4.98 Å². The third kappa shape index (κ3) is 7.74. The number of thiophene rings is 1. The summed E-state index contributed by atoms with van der Waals surface area (Å²) in [6.45, 7) is 10.0. The number of anilines is 2. The van der Waals surface area contributed by atoms with Gasteiger partial charge in [0.15, 0.2) is 0 Å². The van der Waals surface area contributed by atoms with Gasteiger partial charge in [-0.15, -0.1) is 16.4 Å². The zero-order chi connectivity index (χ0) is 39.8. The summed E-state index contributed by atoms with van der Waals surface area (Å²) in [7, 11) is 3.49. The van der Waals surface area contributed by atoms with Gasteiger partial charge >= 0.3 is 6.01 Å². The third-order valence-electron chi connectivity index (χ3n) is 11.1. The van der Waals surface area contributed by atoms with Gasteiger partial charge < -0.3 is 24.4 Å². The van der Waals surface area contributed by atoms with Crippen molar-refractivity contribution in [3.05, 3.63) is 104 Å². The minimum atomic E-state index is -0.103. The second kappa shape index (κ2) is 15.9. The predicted molar refractivity (Wildman–Crippen MR) is 218 cm³/mol. The molecular weight excluding hydrogens is 743 g/mol. The number of fused-ring (bicyclic) bond motifs is 1. The smallest absolute Gasteiger partial charge is 0.318 e. The first-order valence-corrected chi connectivity index (χ1v) is 19.9. The summed E-state index contributed by atoms with van der Waals surface area (Å²) >= 11 is 1.54. The molecule has 0 atom stereocenters. The van der Waals surface area contributed by atoms with Crippen molar-refractivity contribution in [2.75, 3.05) is 58.3 Å². The molecule has 2 aromatic carbocycles. The molecule has 2 aliphatic heterocycles. The molecule has 16 heteroatoms. The Labute approximate surface area is 333 Å². The van der Waals surface area contributed by atoms with E-state index in [9.17, 15) is 14.4 Å². The molecule has 2 saturated heterocycles. The molecule has 0 spiro atoms. The lowest BCUT2D eigenvalue weighted by Gasteiger charge is -2.34. The van der Waals surface area contributed by atoms with Crippen LogP contribution in [0, 0.1) is 20.8 Å². The summed E-state index contributed by atoms with van der Waals surface area (Å²) < 4.78 is 7.12. The molecule has 4 aromatic heterocycles. The molecular formula is C41H45N11O4S. The first-order chi connectivity index (χ1) is 27.6. The van der Waals surface area contributed by atoms with Crippen molar-refractivity contribution >= 4 is 44.9 Å². The zero-order valence-electron chi connectivity index (χ0n) is 32.7. The van der Waals surface area contributed by atoms with E-state index >= 15 is 0 Å². The summed E-state index contributed by atoms with van der Waals surface area (Å²) in [5.74, 6) is 1.17. The van der Waals surface area contributed by atoms with Crippen LogP contribution in [0.1, 0.15) is 61.4 Å². The van der Waals surface area contributed by atoms with Crippen LogP contribution in [0.3, 0.4) is 0 Å². The van der Waals surface area contributed by atoms with E-state index in [0.717, 1.165) is 50.6 Å². The van der Waals surface area contributed by atoms with Crippen LogP contribution in [-0.2, 0) is 6.54 Å². The molecule has 15 nitrogen and oxygen atoms in total. The van der Waals surface area contributed by atoms with E-state index in [-0.39, 0.29) is 23.4 Å². The van der Waals surface area contributed by atoms with Crippen molar-refractivity contribution < 1.29 is 14.3 Å². The number of hydrogen-bond donors (Lipinski definition) is 1. The standard InChI is InChI=1S/C41H45N11O4S/c1-25-9-10-31(48(4)35-11-14-42-41(45-35)56-5)22-32(25)33-23-52(47-46-33)30-12-15-50(16-13-30)39(54)28-7-6-8-29(21-28)40(55)51-19-17-49(18-20-51)24-34-43-37(53)36-26(2)27(3)57-38(36)44-34/h6-11,14,21-23,30H,12-13,15-20,24H2,1-5H3,(H,43,44,53). The lowest BCUT2D eigenvalue weighted by atomic mass is 10.0. The Morgan fingerprint density at radius 2 is 1.65 bits per heavy atom. The number of rotatable bonds is 9. The van der Waals surface area contributed by atoms with Crippen LogP contribution >= 0.6 is 11.3 Å². The maximum absolute atomic E-state index is 13.7. The van der Waals surface area contributed by atoms with Gasteiger partial charge in [-0.3, -0.25) is 19.3 Å². The monoisotopic (exact) mass is 787 g/mol. The van der Waals surface area contributed by atoms with Crippen molar-refractivity contribution in [3.8, 4) is 17.3 Å². The number of carbonyl (C=O) groups is 2. The van der Waals surface area contributed by atoms with Gasteiger partial charge in [-0.25, -0.2) is 14.6 Å². The summed E-state index contributed by atoms with van der Waals surface area (Å²) in [4.78, 5) is 66.0. The summed E-state index contributed by atoms with van der Waals surface area (Å²) in [6, 6.07) is 15.5. The molecule has 0 saturated carbocycles. The number of carbonyl (C=O) groups excluding carboxylic acids is 2. The fourth-order valence-corrected chi connectivity index (χ4v) is 8.65. The number of benzene rings is 2. The van der Waals surface area contributed by atoms with Crippen LogP contribution in [0.25, 0.3) is 21.5 Å². The first-order valence-electron chi connectivity index (χ1n) is 19.1. The van der Waals surface area contributed by atoms with Crippen LogP contribution in [0.5, 0.6) is 6.01 Å². The highest BCUT2D eigenvalue weighted by molar-refractivity contribution is 7.18. The number of aromatic amines is 1. The second-order valence-electron chi connectivity index (χ2n) is 14.7. The van der Waals surface area contributed by atoms with Crippen molar-refractivity contribution in [2.24, 2.45) is 0 Å². The average Bonchev–Trinajstić information content (AvgIpc) is 3.84. The number of hydrogen-bond acceptors (Lipinski definition) is 12. The number of methoxy groups -OCH3 is 1. The number of aryl methyl sites for hydroxylation is 3. The Morgan fingerprint density at radius 3 is 2.37 bits per heavy atom. The van der Waals surface area contributed by atoms with Gasteiger partial charge in [-0.05, 0) is 81.1 Å². The quantitative estimate of drug-likeness (QED) is 0.206. The first kappa shape index (κ1) is 37.9. The Hall–Kier alpha value is -6.00. The zero-order valence-corrected chi connectivity index (χ0v) is 33.5. The SMILES string of the molecule is COc1nccc(N(C)c2ccc(C)c(-c3cn(C4CCN(C(=O)c5cccc(C(=O)N6CCN(Cc7nc8sc(C)c(C)c8c(=O)[nH]7)CC6)c5)CC4)nn3)c2)n1. The molecule has 294 valence electrons. The predicted octanol–water partition coefficient (Wildman–Crippen LogP) is 5.17. The molecule has 1 N–H and O–H groups in total. The van der Waals surface area contributed by atoms with Gasteiger partial charge in [0.2, 0.25) is 0 Å². The van der Waals surface area contributed by atoms with E-state index in [1.807, 2.05) is 58.6 Å². The largest absolute Gasteiger partial charge is 0.467 e. The lowest BCUT2D eigenvalue weighted by Crippen LogP contribution is -2.48. The van der Waals surface area contributed by atoms with E-state index in [0.29, 0.717) is 80.0 Å². The fraction of sp³-hybridized carbons (Fsp3) is 0.366. The fourth-order valence-electron chi connectivity index (χ4n) is 7.60. The summed E-state index contributed by atoms with van der Waals surface area (Å²) in [5, 5.41) is 9.72. The highest BCUT2D eigenvalue weighted by Crippen LogP contribution is 2.32. The Morgan fingerprint density at radius 1 is 0.930 bits per heavy atom. The summed E-state index contributed by atoms with van der Waals surface area (Å²) in [5.41, 5.74) is 5.65. The topological polar surface area (TPSA) is 159 Å². The molecule has 6 aromatic rings. The summed E-state index contributed by atoms with van der Waals surface area (Å²) in [6.07, 6.45) is 5.12. The molecule has 0 bridgehead atoms. The lowest BCUT2D eigenvalue weighted by molar-refractivity contribution is 0.0625. The Kier molecular flexibility index (Phi) is 10.5. The average molecular weight is 788 g/mol. The molecule has 6 heterocycles. The minimum Gasteiger partial charge on any atom is -0.467 e. The van der Waals surface area contributed by atoms with Crippen LogP contribution in [-0.4, -0.2) is 115 Å². The number of piperazine rings is 1. The molecule has 8 rings (SSSR count). The van der Waals surface area contributed by atoms with Crippen molar-refractivity contribution in [3.63, 3.8) is 0 Å². The van der Waals surface area contributed by atoms with Gasteiger partial charge in [0.1, 0.15) is 22.2 Å². The van der Waals surface area contributed by atoms with Crippen molar-refractivity contribution in [1.82, 2.24) is 49.6 Å². The van der Waals surface area contributed by atoms with Gasteiger partial charge in [0.25, 0.3) is 17.4 Å². The van der Waals surface area contributed by atoms with E-state index in [2.05, 4.69) is 49.2 Å². The third-order valence-corrected chi connectivity index (χ3v) is 12.2. The Bertz CT molecular complexity index is 2510. The van der Waals surface area contributed by atoms with Crippen molar-refractivity contribution in [1.29, 1.82) is 0 Å². The van der Waals surface area contributed by atoms with E-state index < -0.39 is 0 Å². The number of H-pyrrole nitrogens is 1. The molecule has 2 fully saturated rings. The van der Waals surface area contributed by atoms with Crippen LogP contribution in [0.2, 0.25) is 0 Å². The Balaban J connectivity index is 0.857. The maximum atomic E-state index is 13.7. The van der Waals surface area contributed by atoms with Gasteiger partial charge in [0, 0.05) is 79.8 Å². The number of nitrogens with one attached hydrogen (secondary N) is 1. The van der Waals surface area contributed by atoms with Gasteiger partial charge in [0.05, 0.1) is 31.3 Å². The number of ether oxygens (including phenoxy) is 1. The molecule has 2 amide bonds. The molecule has 0 aliphatic carbocycles. The highest BCUT2D eigenvalue weighted by atomic mass is 32.1. The second-order valence-corrected chi connectivity index (χ2v) is 15.9. The van der Waals surface area contributed by atoms with Crippen molar-refractivity contribution in [2.45, 2.75) is 46.2 Å². The number of amides is 2. The number of nitrogens with zero attached hydrogens (tertiary/aromatic N) is 10. The van der Waals surface area contributed by atoms with E-state index in [4.69, 9.17) is 9.72 Å². The van der Waals surface area contributed by atoms with E-state index in [1.165, 1.54) is 0 Å². The number of piperidine rings is 1. The highest BCUT2D eigenvalue weighted by Gasteiger charge is 2.28. The minimum absolute atomic E-state index is 0.0837. The maximum Gasteiger partial charge on any atom is 0.318 e. The van der Waals surface area contributed by atoms with Crippen LogP contribution in [0.15, 0.2) is 65.7 Å². The molecule has 57 heavy (non-hydrogen) atoms. The number of likely N-dealkylation sites (tertiary alicyclic amines) is 1. The molecule has 0 radical (unpaired) electrons. The molecule has 2 aliphatic rings.